The summed E-state index contributed by atoms with van der Waals surface area (Å²) in [5.41, 5.74) is 0.947. The molecule has 0 atom stereocenters. The van der Waals surface area contributed by atoms with E-state index in [1.165, 1.54) is 6.42 Å². The van der Waals surface area contributed by atoms with Crippen molar-refractivity contribution in [2.45, 2.75) is 25.9 Å². The lowest BCUT2D eigenvalue weighted by molar-refractivity contribution is 0.240. The maximum Gasteiger partial charge on any atom is 0.151 e. The number of hydrogen-bond donors (Lipinski definition) is 0. The van der Waals surface area contributed by atoms with Gasteiger partial charge in [0.25, 0.3) is 0 Å². The summed E-state index contributed by atoms with van der Waals surface area (Å²) in [5.74, 6) is 3.24. The number of rotatable bonds is 4. The largest absolute Gasteiger partial charge is 0.353 e. The Hall–Kier alpha value is -2.32. The van der Waals surface area contributed by atoms with Crippen molar-refractivity contribution in [1.29, 1.82) is 0 Å². The van der Waals surface area contributed by atoms with Crippen molar-refractivity contribution < 1.29 is 0 Å². The monoisotopic (exact) mass is 367 g/mol. The second-order valence-corrected chi connectivity index (χ2v) is 7.75. The number of nitrogens with zero attached hydrogens (tertiary/aromatic N) is 7. The fourth-order valence-electron chi connectivity index (χ4n) is 3.71. The van der Waals surface area contributed by atoms with Crippen molar-refractivity contribution in [1.82, 2.24) is 29.9 Å². The third-order valence-corrected chi connectivity index (χ3v) is 6.06. The minimum atomic E-state index is 0.893. The molecule has 5 heterocycles. The van der Waals surface area contributed by atoms with E-state index < -0.39 is 0 Å². The third kappa shape index (κ3) is 2.99. The molecule has 1 fully saturated rings. The molecule has 1 saturated heterocycles. The van der Waals surface area contributed by atoms with Gasteiger partial charge in [0.05, 0.1) is 11.4 Å². The molecule has 0 bridgehead atoms. The molecule has 2 aliphatic heterocycles. The van der Waals surface area contributed by atoms with Crippen molar-refractivity contribution in [3.8, 4) is 10.6 Å². The van der Waals surface area contributed by atoms with Crippen LogP contribution in [0.1, 0.15) is 18.1 Å². The van der Waals surface area contributed by atoms with Crippen LogP contribution in [-0.2, 0) is 19.5 Å². The Morgan fingerprint density at radius 3 is 2.62 bits per heavy atom. The maximum absolute atomic E-state index is 4.44. The Balaban J connectivity index is 1.20. The first-order valence-corrected chi connectivity index (χ1v) is 10.0. The van der Waals surface area contributed by atoms with Gasteiger partial charge in [-0.3, -0.25) is 4.90 Å². The lowest BCUT2D eigenvalue weighted by Gasteiger charge is -2.34. The number of fused-ring (bicyclic) bond motifs is 1. The summed E-state index contributed by atoms with van der Waals surface area (Å²) in [6.45, 7) is 5.92. The molecule has 7 nitrogen and oxygen atoms in total. The van der Waals surface area contributed by atoms with Crippen LogP contribution in [0.15, 0.2) is 29.6 Å². The molecule has 0 radical (unpaired) electrons. The molecular weight excluding hydrogens is 346 g/mol. The fourth-order valence-corrected chi connectivity index (χ4v) is 4.40. The molecule has 0 unspecified atom stereocenters. The van der Waals surface area contributed by atoms with E-state index in [1.807, 2.05) is 6.07 Å². The minimum Gasteiger partial charge on any atom is -0.353 e. The lowest BCUT2D eigenvalue weighted by atomic mass is 10.3. The van der Waals surface area contributed by atoms with Gasteiger partial charge in [-0.05, 0) is 30.0 Å². The summed E-state index contributed by atoms with van der Waals surface area (Å²) < 4.78 is 2.29. The Morgan fingerprint density at radius 1 is 0.923 bits per heavy atom. The van der Waals surface area contributed by atoms with Crippen molar-refractivity contribution in [3.63, 3.8) is 0 Å². The van der Waals surface area contributed by atoms with Gasteiger partial charge >= 0.3 is 0 Å². The van der Waals surface area contributed by atoms with Crippen molar-refractivity contribution in [2.75, 3.05) is 31.1 Å². The molecule has 0 N–H and O–H groups in total. The van der Waals surface area contributed by atoms with Crippen LogP contribution in [0.3, 0.4) is 0 Å². The highest BCUT2D eigenvalue weighted by Crippen LogP contribution is 2.23. The van der Waals surface area contributed by atoms with E-state index in [1.54, 1.807) is 11.3 Å². The molecule has 0 spiro atoms. The Labute approximate surface area is 156 Å². The second-order valence-electron chi connectivity index (χ2n) is 6.80. The number of thiophene rings is 1. The van der Waals surface area contributed by atoms with Gasteiger partial charge in [-0.25, -0.2) is 0 Å². The van der Waals surface area contributed by atoms with Gasteiger partial charge in [0.1, 0.15) is 17.3 Å². The summed E-state index contributed by atoms with van der Waals surface area (Å²) in [4.78, 5) is 5.94. The van der Waals surface area contributed by atoms with E-state index in [4.69, 9.17) is 0 Å². The van der Waals surface area contributed by atoms with Gasteiger partial charge in [-0.15, -0.1) is 31.7 Å². The van der Waals surface area contributed by atoms with Gasteiger partial charge in [0, 0.05) is 39.1 Å². The molecule has 0 amide bonds. The van der Waals surface area contributed by atoms with Gasteiger partial charge in [0.15, 0.2) is 5.82 Å². The number of aromatic nitrogens is 5. The van der Waals surface area contributed by atoms with Crippen LogP contribution < -0.4 is 4.90 Å². The quantitative estimate of drug-likeness (QED) is 0.703. The van der Waals surface area contributed by atoms with E-state index in [0.29, 0.717) is 0 Å². The van der Waals surface area contributed by atoms with E-state index >= 15 is 0 Å². The third-order valence-electron chi connectivity index (χ3n) is 5.17. The van der Waals surface area contributed by atoms with Crippen molar-refractivity contribution in [3.05, 3.63) is 41.3 Å². The summed E-state index contributed by atoms with van der Waals surface area (Å²) in [7, 11) is 0. The fraction of sp³-hybridized carbons (Fsp3) is 0.444. The molecule has 2 aliphatic rings. The van der Waals surface area contributed by atoms with Crippen LogP contribution in [0.5, 0.6) is 0 Å². The summed E-state index contributed by atoms with van der Waals surface area (Å²) in [6.07, 6.45) is 2.27. The minimum absolute atomic E-state index is 0.893. The molecule has 0 saturated carbocycles. The van der Waals surface area contributed by atoms with Crippen molar-refractivity contribution in [2.24, 2.45) is 0 Å². The predicted octanol–water partition coefficient (Wildman–Crippen LogP) is 2.06. The Bertz CT molecular complexity index is 864. The predicted molar refractivity (Wildman–Crippen MR) is 101 cm³/mol. The zero-order valence-corrected chi connectivity index (χ0v) is 15.4. The molecule has 0 aromatic carbocycles. The highest BCUT2D eigenvalue weighted by atomic mass is 32.1. The van der Waals surface area contributed by atoms with Crippen LogP contribution in [0, 0.1) is 0 Å². The Morgan fingerprint density at radius 2 is 1.85 bits per heavy atom. The van der Waals surface area contributed by atoms with Crippen LogP contribution in [0.2, 0.25) is 0 Å². The summed E-state index contributed by atoms with van der Waals surface area (Å²) >= 11 is 1.69. The van der Waals surface area contributed by atoms with E-state index in [2.05, 4.69) is 58.3 Å². The summed E-state index contributed by atoms with van der Waals surface area (Å²) in [5, 5.41) is 19.6. The standard InChI is InChI=1S/C18H21N7S/c1-4-17-21-22-18(25(17)7-1)13-23-8-10-24(11-9-23)16-6-5-14(19-20-16)15-3-2-12-26-15/h2-3,5-6,12H,1,4,7-11,13H2. The van der Waals surface area contributed by atoms with Gasteiger partial charge < -0.3 is 9.47 Å². The maximum atomic E-state index is 4.44. The molecule has 3 aromatic heterocycles. The molecule has 3 aromatic rings. The Kier molecular flexibility index (Phi) is 4.14. The molecule has 134 valence electrons. The van der Waals surface area contributed by atoms with Crippen LogP contribution in [0.25, 0.3) is 10.6 Å². The number of aryl methyl sites for hydroxylation is 1. The molecule has 0 aliphatic carbocycles. The van der Waals surface area contributed by atoms with E-state index in [9.17, 15) is 0 Å². The van der Waals surface area contributed by atoms with Gasteiger partial charge in [0.2, 0.25) is 0 Å². The van der Waals surface area contributed by atoms with Crippen LogP contribution in [0.4, 0.5) is 5.82 Å². The van der Waals surface area contributed by atoms with E-state index in [0.717, 1.165) is 73.7 Å². The van der Waals surface area contributed by atoms with Gasteiger partial charge in [-0.2, -0.15) is 0 Å². The molecular formula is C18H21N7S. The molecule has 26 heavy (non-hydrogen) atoms. The zero-order chi connectivity index (χ0) is 17.3. The topological polar surface area (TPSA) is 63.0 Å². The normalized spacial score (nSPS) is 17.6. The molecule has 5 rings (SSSR count). The van der Waals surface area contributed by atoms with E-state index in [-0.39, 0.29) is 0 Å². The first-order chi connectivity index (χ1) is 12.9. The van der Waals surface area contributed by atoms with Crippen LogP contribution in [-0.4, -0.2) is 56.0 Å². The average Bonchev–Trinajstić information content (AvgIpc) is 3.43. The first kappa shape index (κ1) is 15.9. The summed E-state index contributed by atoms with van der Waals surface area (Å²) in [6, 6.07) is 8.27. The second kappa shape index (κ2) is 6.77. The van der Waals surface area contributed by atoms with Crippen molar-refractivity contribution >= 4 is 17.2 Å². The van der Waals surface area contributed by atoms with Gasteiger partial charge in [-0.1, -0.05) is 6.07 Å². The smallest absolute Gasteiger partial charge is 0.151 e. The van der Waals surface area contributed by atoms with Crippen LogP contribution >= 0.6 is 11.3 Å². The highest BCUT2D eigenvalue weighted by Gasteiger charge is 2.23. The SMILES string of the molecule is c1csc(-c2ccc(N3CCN(Cc4nnc5n4CCC5)CC3)nn2)c1. The molecule has 8 heteroatoms. The number of hydrogen-bond acceptors (Lipinski definition) is 7. The zero-order valence-electron chi connectivity index (χ0n) is 14.6. The first-order valence-electron chi connectivity index (χ1n) is 9.13. The number of anilines is 1. The number of piperazine rings is 1. The highest BCUT2D eigenvalue weighted by molar-refractivity contribution is 7.13. The average molecular weight is 367 g/mol. The lowest BCUT2D eigenvalue weighted by Crippen LogP contribution is -2.46.